The van der Waals surface area contributed by atoms with Crippen molar-refractivity contribution in [2.75, 3.05) is 0 Å². The maximum absolute atomic E-state index is 11.3. The fraction of sp³-hybridized carbons (Fsp3) is 0. The van der Waals surface area contributed by atoms with Gasteiger partial charge in [0, 0.05) is 12.3 Å². The van der Waals surface area contributed by atoms with Gasteiger partial charge in [0.25, 0.3) is 0 Å². The van der Waals surface area contributed by atoms with E-state index in [1.807, 2.05) is 0 Å². The van der Waals surface area contributed by atoms with E-state index in [0.29, 0.717) is 5.88 Å². The van der Waals surface area contributed by atoms with Crippen LogP contribution in [0.1, 0.15) is 0 Å². The van der Waals surface area contributed by atoms with Crippen molar-refractivity contribution in [3.05, 3.63) is 48.7 Å². The van der Waals surface area contributed by atoms with Crippen LogP contribution in [0, 0.1) is 0 Å². The van der Waals surface area contributed by atoms with Crippen molar-refractivity contribution in [3.63, 3.8) is 0 Å². The molecule has 0 saturated heterocycles. The minimum absolute atomic E-state index is 0.0642. The summed E-state index contributed by atoms with van der Waals surface area (Å²) in [5.74, 6) is 0.470. The van der Waals surface area contributed by atoms with Crippen LogP contribution in [0.2, 0.25) is 0 Å². The molecule has 2 aromatic rings. The molecular formula is C11H10N2O3S. The van der Waals surface area contributed by atoms with Crippen LogP contribution in [0.5, 0.6) is 11.6 Å². The predicted molar refractivity (Wildman–Crippen MR) is 62.1 cm³/mol. The first kappa shape index (κ1) is 11.6. The molecular weight excluding hydrogens is 240 g/mol. The number of hydrogen-bond acceptors (Lipinski definition) is 4. The largest absolute Gasteiger partial charge is 0.438 e. The minimum atomic E-state index is -3.81. The second-order valence-electron chi connectivity index (χ2n) is 3.26. The van der Waals surface area contributed by atoms with Gasteiger partial charge in [0.2, 0.25) is 15.9 Å². The lowest BCUT2D eigenvalue weighted by atomic mass is 10.3. The quantitative estimate of drug-likeness (QED) is 0.895. The van der Waals surface area contributed by atoms with Crippen molar-refractivity contribution in [3.8, 4) is 11.6 Å². The molecule has 2 N–H and O–H groups in total. The summed E-state index contributed by atoms with van der Waals surface area (Å²) in [6.07, 6.45) is 1.55. The lowest BCUT2D eigenvalue weighted by molar-refractivity contribution is 0.449. The Morgan fingerprint density at radius 2 is 1.76 bits per heavy atom. The average molecular weight is 250 g/mol. The van der Waals surface area contributed by atoms with E-state index in [9.17, 15) is 8.42 Å². The van der Waals surface area contributed by atoms with Gasteiger partial charge in [0.15, 0.2) is 0 Å². The van der Waals surface area contributed by atoms with Crippen LogP contribution in [0.3, 0.4) is 0 Å². The van der Waals surface area contributed by atoms with Crippen LogP contribution in [0.25, 0.3) is 0 Å². The van der Waals surface area contributed by atoms with Gasteiger partial charge in [-0.3, -0.25) is 0 Å². The summed E-state index contributed by atoms with van der Waals surface area (Å²) in [7, 11) is -3.81. The first-order valence-corrected chi connectivity index (χ1v) is 6.33. The van der Waals surface area contributed by atoms with Crippen LogP contribution in [-0.2, 0) is 10.0 Å². The number of hydrogen-bond donors (Lipinski definition) is 1. The van der Waals surface area contributed by atoms with E-state index in [4.69, 9.17) is 9.88 Å². The Hall–Kier alpha value is -1.92. The second-order valence-corrected chi connectivity index (χ2v) is 4.79. The summed E-state index contributed by atoms with van der Waals surface area (Å²) in [4.78, 5) is 3.88. The lowest BCUT2D eigenvalue weighted by Gasteiger charge is -2.08. The molecule has 0 bridgehead atoms. The highest BCUT2D eigenvalue weighted by Gasteiger charge is 2.14. The molecule has 6 heteroatoms. The third-order valence-electron chi connectivity index (χ3n) is 2.01. The molecule has 5 nitrogen and oxygen atoms in total. The molecule has 17 heavy (non-hydrogen) atoms. The van der Waals surface area contributed by atoms with Crippen LogP contribution in [0.15, 0.2) is 53.6 Å². The highest BCUT2D eigenvalue weighted by Crippen LogP contribution is 2.26. The van der Waals surface area contributed by atoms with Crippen LogP contribution < -0.4 is 9.88 Å². The highest BCUT2D eigenvalue weighted by molar-refractivity contribution is 7.89. The van der Waals surface area contributed by atoms with E-state index in [-0.39, 0.29) is 10.6 Å². The zero-order valence-corrected chi connectivity index (χ0v) is 9.59. The molecule has 2 rings (SSSR count). The van der Waals surface area contributed by atoms with Crippen molar-refractivity contribution in [2.45, 2.75) is 4.90 Å². The summed E-state index contributed by atoms with van der Waals surface area (Å²) < 4.78 is 28.0. The van der Waals surface area contributed by atoms with Gasteiger partial charge in [0.1, 0.15) is 10.6 Å². The number of para-hydroxylation sites is 1. The highest BCUT2D eigenvalue weighted by atomic mass is 32.2. The molecule has 0 aliphatic carbocycles. The molecule has 0 aliphatic rings. The van der Waals surface area contributed by atoms with Crippen LogP contribution in [0.4, 0.5) is 0 Å². The SMILES string of the molecule is NS(=O)(=O)c1ccccc1Oc1ccccn1. The molecule has 1 aromatic carbocycles. The molecule has 0 unspecified atom stereocenters. The number of primary sulfonamides is 1. The van der Waals surface area contributed by atoms with Gasteiger partial charge in [0.05, 0.1) is 0 Å². The van der Waals surface area contributed by atoms with Crippen LogP contribution >= 0.6 is 0 Å². The third kappa shape index (κ3) is 2.80. The van der Waals surface area contributed by atoms with E-state index < -0.39 is 10.0 Å². The lowest BCUT2D eigenvalue weighted by Crippen LogP contribution is -2.13. The van der Waals surface area contributed by atoms with Crippen molar-refractivity contribution < 1.29 is 13.2 Å². The second kappa shape index (κ2) is 4.52. The van der Waals surface area contributed by atoms with Gasteiger partial charge in [-0.05, 0) is 18.2 Å². The van der Waals surface area contributed by atoms with Gasteiger partial charge in [-0.25, -0.2) is 18.5 Å². The van der Waals surface area contributed by atoms with Gasteiger partial charge in [-0.15, -0.1) is 0 Å². The van der Waals surface area contributed by atoms with E-state index in [2.05, 4.69) is 4.98 Å². The smallest absolute Gasteiger partial charge is 0.241 e. The maximum atomic E-state index is 11.3. The molecule has 0 fully saturated rings. The molecule has 0 amide bonds. The van der Waals surface area contributed by atoms with E-state index in [1.165, 1.54) is 12.1 Å². The number of sulfonamides is 1. The summed E-state index contributed by atoms with van der Waals surface area (Å²) in [5, 5.41) is 5.08. The Balaban J connectivity index is 2.41. The number of nitrogens with two attached hydrogens (primary N) is 1. The molecule has 1 aromatic heterocycles. The summed E-state index contributed by atoms with van der Waals surface area (Å²) in [5.41, 5.74) is 0. The number of pyridine rings is 1. The Bertz CT molecular complexity index is 612. The van der Waals surface area contributed by atoms with Crippen molar-refractivity contribution in [1.82, 2.24) is 4.98 Å². The van der Waals surface area contributed by atoms with Crippen molar-refractivity contribution in [1.29, 1.82) is 0 Å². The average Bonchev–Trinajstić information content (AvgIpc) is 2.30. The van der Waals surface area contributed by atoms with Crippen LogP contribution in [-0.4, -0.2) is 13.4 Å². The number of nitrogens with zero attached hydrogens (tertiary/aromatic N) is 1. The molecule has 88 valence electrons. The fourth-order valence-electron chi connectivity index (χ4n) is 1.29. The number of benzene rings is 1. The van der Waals surface area contributed by atoms with Gasteiger partial charge in [-0.2, -0.15) is 0 Å². The molecule has 1 heterocycles. The van der Waals surface area contributed by atoms with Crippen molar-refractivity contribution in [2.24, 2.45) is 5.14 Å². The molecule has 0 aliphatic heterocycles. The maximum Gasteiger partial charge on any atom is 0.241 e. The van der Waals surface area contributed by atoms with E-state index in [0.717, 1.165) is 0 Å². The van der Waals surface area contributed by atoms with Gasteiger partial charge >= 0.3 is 0 Å². The molecule has 0 spiro atoms. The number of ether oxygens (including phenoxy) is 1. The topological polar surface area (TPSA) is 82.3 Å². The number of rotatable bonds is 3. The predicted octanol–water partition coefficient (Wildman–Crippen LogP) is 1.52. The monoisotopic (exact) mass is 250 g/mol. The first-order valence-electron chi connectivity index (χ1n) is 4.78. The fourth-order valence-corrected chi connectivity index (χ4v) is 1.95. The molecule has 0 radical (unpaired) electrons. The van der Waals surface area contributed by atoms with E-state index in [1.54, 1.807) is 36.5 Å². The standard InChI is InChI=1S/C11H10N2O3S/c12-17(14,15)10-6-2-1-5-9(10)16-11-7-3-4-8-13-11/h1-8H,(H2,12,14,15). The Kier molecular flexibility index (Phi) is 3.08. The third-order valence-corrected chi connectivity index (χ3v) is 2.96. The van der Waals surface area contributed by atoms with Gasteiger partial charge in [-0.1, -0.05) is 18.2 Å². The van der Waals surface area contributed by atoms with E-state index >= 15 is 0 Å². The number of aromatic nitrogens is 1. The van der Waals surface area contributed by atoms with Crippen molar-refractivity contribution >= 4 is 10.0 Å². The Labute approximate surface area is 98.9 Å². The summed E-state index contributed by atoms with van der Waals surface area (Å²) in [6.45, 7) is 0. The first-order chi connectivity index (χ1) is 8.07. The summed E-state index contributed by atoms with van der Waals surface area (Å²) >= 11 is 0. The molecule has 0 saturated carbocycles. The zero-order valence-electron chi connectivity index (χ0n) is 8.78. The summed E-state index contributed by atoms with van der Waals surface area (Å²) in [6, 6.07) is 11.2. The Morgan fingerprint density at radius 3 is 2.41 bits per heavy atom. The molecule has 0 atom stereocenters. The zero-order chi connectivity index (χ0) is 12.3. The normalized spacial score (nSPS) is 11.1. The van der Waals surface area contributed by atoms with Gasteiger partial charge < -0.3 is 4.74 Å². The minimum Gasteiger partial charge on any atom is -0.438 e. The Morgan fingerprint density at radius 1 is 1.06 bits per heavy atom.